The molecule has 6 nitrogen and oxygen atoms in total. The molecule has 0 amide bonds. The van der Waals surface area contributed by atoms with Gasteiger partial charge in [-0.2, -0.15) is 13.7 Å². The number of hydrogen-bond acceptors (Lipinski definition) is 6. The molecule has 0 aliphatic heterocycles. The normalized spacial score (nSPS) is 11.6. The number of carbonyl (C=O) groups is 1. The molecule has 0 atom stereocenters. The summed E-state index contributed by atoms with van der Waals surface area (Å²) in [5.41, 5.74) is 0.445. The molecule has 0 unspecified atom stereocenters. The van der Waals surface area contributed by atoms with Gasteiger partial charge in [-0.05, 0) is 24.2 Å². The van der Waals surface area contributed by atoms with Crippen molar-refractivity contribution in [3.05, 3.63) is 65.7 Å². The van der Waals surface area contributed by atoms with E-state index in [4.69, 9.17) is 5.26 Å². The van der Waals surface area contributed by atoms with Gasteiger partial charge in [-0.25, -0.2) is 0 Å². The maximum absolute atomic E-state index is 12.0. The monoisotopic (exact) mass is 328 g/mol. The van der Waals surface area contributed by atoms with Gasteiger partial charge in [0.15, 0.2) is 0 Å². The van der Waals surface area contributed by atoms with Crippen molar-refractivity contribution in [1.82, 2.24) is 0 Å². The second-order valence-corrected chi connectivity index (χ2v) is 6.12. The Labute approximate surface area is 133 Å². The third kappa shape index (κ3) is 4.02. The van der Waals surface area contributed by atoms with Gasteiger partial charge in [0.25, 0.3) is 0 Å². The summed E-state index contributed by atoms with van der Waals surface area (Å²) in [5.74, 6) is -0.716. The van der Waals surface area contributed by atoms with Crippen LogP contribution in [0, 0.1) is 18.3 Å². The molecule has 0 saturated carbocycles. The number of hydrogen-bond donors (Lipinski definition) is 0. The summed E-state index contributed by atoms with van der Waals surface area (Å²) in [5, 5.41) is 12.2. The average molecular weight is 328 g/mol. The molecule has 116 valence electrons. The second-order valence-electron chi connectivity index (χ2n) is 4.59. The molecular formula is C16H12N2O4S. The Morgan fingerprint density at radius 2 is 1.70 bits per heavy atom. The van der Waals surface area contributed by atoms with E-state index in [0.717, 1.165) is 5.56 Å². The van der Waals surface area contributed by atoms with Gasteiger partial charge in [-0.3, -0.25) is 9.08 Å². The van der Waals surface area contributed by atoms with Gasteiger partial charge in [-0.15, -0.1) is 0 Å². The summed E-state index contributed by atoms with van der Waals surface area (Å²) in [4.78, 5) is 11.9. The number of Topliss-reactive ketones (excluding diaryl/α,β-unsaturated/α-hetero) is 1. The van der Waals surface area contributed by atoms with E-state index < -0.39 is 21.6 Å². The van der Waals surface area contributed by atoms with Crippen molar-refractivity contribution in [2.24, 2.45) is 5.16 Å². The van der Waals surface area contributed by atoms with Crippen LogP contribution in [0.4, 0.5) is 0 Å². The molecule has 0 N–H and O–H groups in total. The van der Waals surface area contributed by atoms with Crippen molar-refractivity contribution in [3.8, 4) is 6.07 Å². The van der Waals surface area contributed by atoms with Crippen molar-refractivity contribution in [2.45, 2.75) is 11.8 Å². The summed E-state index contributed by atoms with van der Waals surface area (Å²) in [6, 6.07) is 15.4. The minimum Gasteiger partial charge on any atom is -0.286 e. The number of oxime groups is 1. The largest absolute Gasteiger partial charge is 0.358 e. The maximum Gasteiger partial charge on any atom is 0.358 e. The number of benzene rings is 2. The molecule has 2 rings (SSSR count). The van der Waals surface area contributed by atoms with Crippen LogP contribution in [0.2, 0.25) is 0 Å². The predicted octanol–water partition coefficient (Wildman–Crippen LogP) is 2.46. The average Bonchev–Trinajstić information content (AvgIpc) is 2.56. The van der Waals surface area contributed by atoms with Crippen LogP contribution in [-0.2, 0) is 14.4 Å². The molecule has 0 saturated heterocycles. The lowest BCUT2D eigenvalue weighted by Gasteiger charge is -2.02. The van der Waals surface area contributed by atoms with Gasteiger partial charge in [0, 0.05) is 5.56 Å². The SMILES string of the molecule is Cc1ccc(S(=O)(=O)O/N=C(\C#N)C(=O)c2ccccc2)cc1. The fraction of sp³-hybridized carbons (Fsp3) is 0.0625. The highest BCUT2D eigenvalue weighted by Gasteiger charge is 2.19. The van der Waals surface area contributed by atoms with Gasteiger partial charge in [0.1, 0.15) is 11.0 Å². The molecule has 0 fully saturated rings. The van der Waals surface area contributed by atoms with Crippen LogP contribution >= 0.6 is 0 Å². The van der Waals surface area contributed by atoms with Crippen molar-refractivity contribution in [2.75, 3.05) is 0 Å². The number of rotatable bonds is 5. The van der Waals surface area contributed by atoms with E-state index in [1.807, 2.05) is 6.92 Å². The van der Waals surface area contributed by atoms with Crippen LogP contribution in [-0.4, -0.2) is 19.9 Å². The van der Waals surface area contributed by atoms with E-state index >= 15 is 0 Å². The standard InChI is InChI=1S/C16H12N2O4S/c1-12-7-9-14(10-8-12)23(20,21)22-18-15(11-17)16(19)13-5-3-2-4-6-13/h2-10H,1H3/b18-15+. The molecule has 2 aromatic carbocycles. The van der Waals surface area contributed by atoms with E-state index in [9.17, 15) is 13.2 Å². The zero-order valence-electron chi connectivity index (χ0n) is 12.1. The van der Waals surface area contributed by atoms with Gasteiger partial charge in [0.05, 0.1) is 0 Å². The van der Waals surface area contributed by atoms with Gasteiger partial charge < -0.3 is 0 Å². The van der Waals surface area contributed by atoms with E-state index in [1.54, 1.807) is 36.4 Å². The van der Waals surface area contributed by atoms with E-state index in [0.29, 0.717) is 0 Å². The molecule has 0 aliphatic carbocycles. The highest BCUT2D eigenvalue weighted by atomic mass is 32.2. The third-order valence-corrected chi connectivity index (χ3v) is 4.01. The molecule has 7 heteroatoms. The first-order chi connectivity index (χ1) is 10.9. The molecule has 0 radical (unpaired) electrons. The molecule has 2 aromatic rings. The zero-order chi connectivity index (χ0) is 16.9. The summed E-state index contributed by atoms with van der Waals surface area (Å²) in [6.45, 7) is 1.81. The Morgan fingerprint density at radius 1 is 1.09 bits per heavy atom. The van der Waals surface area contributed by atoms with E-state index in [2.05, 4.69) is 9.44 Å². The molecule has 0 heterocycles. The van der Waals surface area contributed by atoms with Crippen LogP contribution in [0.15, 0.2) is 64.6 Å². The van der Waals surface area contributed by atoms with Crippen molar-refractivity contribution in [3.63, 3.8) is 0 Å². The minimum atomic E-state index is -4.19. The fourth-order valence-corrected chi connectivity index (χ4v) is 2.40. The number of ketones is 1. The summed E-state index contributed by atoms with van der Waals surface area (Å²) in [6.07, 6.45) is 0. The van der Waals surface area contributed by atoms with Gasteiger partial charge in [-0.1, -0.05) is 48.0 Å². The molecule has 0 spiro atoms. The number of nitrogens with zero attached hydrogens (tertiary/aromatic N) is 2. The van der Waals surface area contributed by atoms with Crippen molar-refractivity contribution in [1.29, 1.82) is 5.26 Å². The summed E-state index contributed by atoms with van der Waals surface area (Å²) >= 11 is 0. The van der Waals surface area contributed by atoms with Crippen LogP contribution in [0.1, 0.15) is 15.9 Å². The quantitative estimate of drug-likeness (QED) is 0.477. The minimum absolute atomic E-state index is 0.115. The number of carbonyl (C=O) groups excluding carboxylic acids is 1. The van der Waals surface area contributed by atoms with Gasteiger partial charge in [0.2, 0.25) is 11.5 Å². The Kier molecular flexibility index (Phi) is 4.88. The Hall–Kier alpha value is -2.98. The van der Waals surface area contributed by atoms with Crippen molar-refractivity contribution >= 4 is 21.6 Å². The summed E-state index contributed by atoms with van der Waals surface area (Å²) in [7, 11) is -4.19. The van der Waals surface area contributed by atoms with Gasteiger partial charge >= 0.3 is 10.1 Å². The molecular weight excluding hydrogens is 316 g/mol. The highest BCUT2D eigenvalue weighted by Crippen LogP contribution is 2.14. The molecule has 23 heavy (non-hydrogen) atoms. The molecule has 0 bridgehead atoms. The number of nitriles is 1. The lowest BCUT2D eigenvalue weighted by molar-refractivity contribution is 0.106. The van der Waals surface area contributed by atoms with E-state index in [1.165, 1.54) is 24.3 Å². The Morgan fingerprint density at radius 3 is 2.26 bits per heavy atom. The first kappa shape index (κ1) is 16.4. The van der Waals surface area contributed by atoms with Crippen molar-refractivity contribution < 1.29 is 17.5 Å². The predicted molar refractivity (Wildman–Crippen MR) is 83.3 cm³/mol. The van der Waals surface area contributed by atoms with Crippen LogP contribution in [0.25, 0.3) is 0 Å². The lowest BCUT2D eigenvalue weighted by Crippen LogP contribution is -2.14. The van der Waals surface area contributed by atoms with E-state index in [-0.39, 0.29) is 10.5 Å². The molecule has 0 aliphatic rings. The highest BCUT2D eigenvalue weighted by molar-refractivity contribution is 7.86. The van der Waals surface area contributed by atoms with Crippen LogP contribution < -0.4 is 0 Å². The first-order valence-corrected chi connectivity index (χ1v) is 7.93. The second kappa shape index (κ2) is 6.85. The summed E-state index contributed by atoms with van der Waals surface area (Å²) < 4.78 is 28.4. The smallest absolute Gasteiger partial charge is 0.286 e. The fourth-order valence-electron chi connectivity index (χ4n) is 1.67. The Balaban J connectivity index is 2.24. The third-order valence-electron chi connectivity index (χ3n) is 2.89. The Bertz CT molecular complexity index is 880. The maximum atomic E-state index is 12.0. The van der Waals surface area contributed by atoms with Crippen LogP contribution in [0.3, 0.4) is 0 Å². The lowest BCUT2D eigenvalue weighted by atomic mass is 10.1. The number of aryl methyl sites for hydroxylation is 1. The van der Waals surface area contributed by atoms with Crippen LogP contribution in [0.5, 0.6) is 0 Å². The zero-order valence-corrected chi connectivity index (χ0v) is 12.9. The molecule has 0 aromatic heterocycles. The topological polar surface area (TPSA) is 96.6 Å². The first-order valence-electron chi connectivity index (χ1n) is 6.52.